The standard InChI is InChI=1S/C11H21NO2/c1-11(2,3)14-10(13)8-4-6-9(12)7-5-8/h8-9H,4-7,12H2,1-3H3/t8-,9-. The lowest BCUT2D eigenvalue weighted by Crippen LogP contribution is -2.34. The predicted octanol–water partition coefficient (Wildman–Crippen LogP) is 1.85. The molecule has 0 aromatic heterocycles. The van der Waals surface area contributed by atoms with Crippen LogP contribution in [0.3, 0.4) is 0 Å². The summed E-state index contributed by atoms with van der Waals surface area (Å²) in [7, 11) is 0. The first-order valence-electron chi connectivity index (χ1n) is 5.37. The van der Waals surface area contributed by atoms with Crippen molar-refractivity contribution in [1.82, 2.24) is 0 Å². The Morgan fingerprint density at radius 1 is 1.21 bits per heavy atom. The number of carbonyl (C=O) groups excluding carboxylic acids is 1. The summed E-state index contributed by atoms with van der Waals surface area (Å²) < 4.78 is 5.33. The molecule has 0 heterocycles. The Hall–Kier alpha value is -0.570. The van der Waals surface area contributed by atoms with Crippen molar-refractivity contribution >= 4 is 5.97 Å². The zero-order chi connectivity index (χ0) is 10.8. The molecule has 1 aliphatic rings. The molecule has 0 unspecified atom stereocenters. The largest absolute Gasteiger partial charge is 0.460 e. The lowest BCUT2D eigenvalue weighted by molar-refractivity contribution is -0.161. The van der Waals surface area contributed by atoms with Crippen LogP contribution in [0, 0.1) is 5.92 Å². The highest BCUT2D eigenvalue weighted by atomic mass is 16.6. The van der Waals surface area contributed by atoms with Gasteiger partial charge in [-0.3, -0.25) is 4.79 Å². The molecule has 1 saturated carbocycles. The summed E-state index contributed by atoms with van der Waals surface area (Å²) in [5, 5.41) is 0. The van der Waals surface area contributed by atoms with E-state index in [9.17, 15) is 4.79 Å². The SMILES string of the molecule is CC(C)(C)OC(=O)[C@H]1CC[C@H](N)CC1. The minimum absolute atomic E-state index is 0.0515. The van der Waals surface area contributed by atoms with E-state index in [-0.39, 0.29) is 23.5 Å². The molecular formula is C11H21NO2. The number of hydrogen-bond donors (Lipinski definition) is 1. The molecule has 1 fully saturated rings. The van der Waals surface area contributed by atoms with Crippen molar-refractivity contribution in [2.75, 3.05) is 0 Å². The van der Waals surface area contributed by atoms with E-state index in [4.69, 9.17) is 10.5 Å². The molecule has 0 bridgehead atoms. The lowest BCUT2D eigenvalue weighted by Gasteiger charge is -2.28. The summed E-state index contributed by atoms with van der Waals surface area (Å²) in [5.41, 5.74) is 5.41. The molecule has 0 atom stereocenters. The highest BCUT2D eigenvalue weighted by Gasteiger charge is 2.28. The van der Waals surface area contributed by atoms with E-state index >= 15 is 0 Å². The van der Waals surface area contributed by atoms with Gasteiger partial charge in [0.2, 0.25) is 0 Å². The van der Waals surface area contributed by atoms with Gasteiger partial charge in [0.1, 0.15) is 5.60 Å². The van der Waals surface area contributed by atoms with Crippen LogP contribution in [0.5, 0.6) is 0 Å². The Labute approximate surface area is 86.0 Å². The van der Waals surface area contributed by atoms with Crippen LogP contribution in [0.15, 0.2) is 0 Å². The maximum Gasteiger partial charge on any atom is 0.309 e. The van der Waals surface area contributed by atoms with Crippen LogP contribution in [0.4, 0.5) is 0 Å². The van der Waals surface area contributed by atoms with E-state index in [1.54, 1.807) is 0 Å². The first-order valence-corrected chi connectivity index (χ1v) is 5.37. The van der Waals surface area contributed by atoms with E-state index in [2.05, 4.69) is 0 Å². The number of hydrogen-bond acceptors (Lipinski definition) is 3. The van der Waals surface area contributed by atoms with Crippen LogP contribution in [-0.2, 0) is 9.53 Å². The lowest BCUT2D eigenvalue weighted by atomic mass is 9.86. The fourth-order valence-electron chi connectivity index (χ4n) is 1.74. The van der Waals surface area contributed by atoms with Crippen LogP contribution in [0.1, 0.15) is 46.5 Å². The average molecular weight is 199 g/mol. The van der Waals surface area contributed by atoms with Gasteiger partial charge in [-0.2, -0.15) is 0 Å². The second-order valence-electron chi connectivity index (χ2n) is 5.15. The Bertz CT molecular complexity index is 200. The maximum absolute atomic E-state index is 11.7. The molecule has 0 radical (unpaired) electrons. The maximum atomic E-state index is 11.7. The van der Waals surface area contributed by atoms with Crippen molar-refractivity contribution < 1.29 is 9.53 Å². The molecule has 3 heteroatoms. The molecule has 1 rings (SSSR count). The highest BCUT2D eigenvalue weighted by molar-refractivity contribution is 5.72. The molecule has 82 valence electrons. The van der Waals surface area contributed by atoms with Crippen molar-refractivity contribution in [2.45, 2.75) is 58.1 Å². The van der Waals surface area contributed by atoms with Crippen LogP contribution in [-0.4, -0.2) is 17.6 Å². The molecule has 0 aliphatic heterocycles. The summed E-state index contributed by atoms with van der Waals surface area (Å²) in [6.45, 7) is 5.71. The second-order valence-corrected chi connectivity index (χ2v) is 5.15. The minimum atomic E-state index is -0.364. The molecule has 3 nitrogen and oxygen atoms in total. The summed E-state index contributed by atoms with van der Waals surface area (Å²) in [4.78, 5) is 11.7. The van der Waals surface area contributed by atoms with Crippen LogP contribution in [0.2, 0.25) is 0 Å². The first-order chi connectivity index (χ1) is 6.38. The molecule has 0 aromatic carbocycles. The summed E-state index contributed by atoms with van der Waals surface area (Å²) in [6, 6.07) is 0.286. The van der Waals surface area contributed by atoms with Gasteiger partial charge < -0.3 is 10.5 Å². The third-order valence-corrected chi connectivity index (χ3v) is 2.51. The van der Waals surface area contributed by atoms with Gasteiger partial charge in [0.15, 0.2) is 0 Å². The minimum Gasteiger partial charge on any atom is -0.460 e. The van der Waals surface area contributed by atoms with Gasteiger partial charge in [-0.15, -0.1) is 0 Å². The van der Waals surface area contributed by atoms with Gasteiger partial charge in [0.25, 0.3) is 0 Å². The van der Waals surface area contributed by atoms with Crippen molar-refractivity contribution in [3.8, 4) is 0 Å². The second kappa shape index (κ2) is 4.30. The smallest absolute Gasteiger partial charge is 0.309 e. The number of ether oxygens (including phenoxy) is 1. The van der Waals surface area contributed by atoms with Crippen molar-refractivity contribution in [3.63, 3.8) is 0 Å². The summed E-state index contributed by atoms with van der Waals surface area (Å²) in [6.07, 6.45) is 3.67. The predicted molar refractivity (Wildman–Crippen MR) is 55.8 cm³/mol. The van der Waals surface area contributed by atoms with Crippen LogP contribution >= 0.6 is 0 Å². The zero-order valence-electron chi connectivity index (χ0n) is 9.38. The Morgan fingerprint density at radius 3 is 2.14 bits per heavy atom. The third-order valence-electron chi connectivity index (χ3n) is 2.51. The van der Waals surface area contributed by atoms with E-state index in [1.165, 1.54) is 0 Å². The monoisotopic (exact) mass is 199 g/mol. The quantitative estimate of drug-likeness (QED) is 0.656. The normalized spacial score (nSPS) is 28.6. The number of rotatable bonds is 1. The van der Waals surface area contributed by atoms with Gasteiger partial charge in [-0.05, 0) is 46.5 Å². The van der Waals surface area contributed by atoms with Crippen molar-refractivity contribution in [3.05, 3.63) is 0 Å². The number of nitrogens with two attached hydrogens (primary N) is 1. The fourth-order valence-corrected chi connectivity index (χ4v) is 1.74. The molecule has 2 N–H and O–H groups in total. The molecule has 1 aliphatic carbocycles. The van der Waals surface area contributed by atoms with E-state index in [1.807, 2.05) is 20.8 Å². The summed E-state index contributed by atoms with van der Waals surface area (Å²) in [5.74, 6) is 0.0263. The number of carbonyl (C=O) groups is 1. The summed E-state index contributed by atoms with van der Waals surface area (Å²) >= 11 is 0. The Kier molecular flexibility index (Phi) is 3.53. The van der Waals surface area contributed by atoms with Gasteiger partial charge >= 0.3 is 5.97 Å². The van der Waals surface area contributed by atoms with E-state index < -0.39 is 0 Å². The van der Waals surface area contributed by atoms with Gasteiger partial charge in [0.05, 0.1) is 5.92 Å². The third kappa shape index (κ3) is 3.66. The van der Waals surface area contributed by atoms with Gasteiger partial charge in [-0.25, -0.2) is 0 Å². The van der Waals surface area contributed by atoms with Gasteiger partial charge in [-0.1, -0.05) is 0 Å². The molecule has 0 aromatic rings. The van der Waals surface area contributed by atoms with Gasteiger partial charge in [0, 0.05) is 6.04 Å². The van der Waals surface area contributed by atoms with Crippen molar-refractivity contribution in [1.29, 1.82) is 0 Å². The highest BCUT2D eigenvalue weighted by Crippen LogP contribution is 2.25. The molecule has 14 heavy (non-hydrogen) atoms. The Balaban J connectivity index is 2.38. The number of esters is 1. The van der Waals surface area contributed by atoms with Crippen LogP contribution < -0.4 is 5.73 Å². The molecular weight excluding hydrogens is 178 g/mol. The van der Waals surface area contributed by atoms with Crippen molar-refractivity contribution in [2.24, 2.45) is 11.7 Å². The van der Waals surface area contributed by atoms with E-state index in [0.29, 0.717) is 0 Å². The molecule has 0 saturated heterocycles. The molecule has 0 spiro atoms. The van der Waals surface area contributed by atoms with E-state index in [0.717, 1.165) is 25.7 Å². The Morgan fingerprint density at radius 2 is 1.71 bits per heavy atom. The average Bonchev–Trinajstić information content (AvgIpc) is 2.02. The van der Waals surface area contributed by atoms with Crippen LogP contribution in [0.25, 0.3) is 0 Å². The fraction of sp³-hybridized carbons (Fsp3) is 0.909. The topological polar surface area (TPSA) is 52.3 Å². The first kappa shape index (κ1) is 11.5. The molecule has 0 amide bonds. The zero-order valence-corrected chi connectivity index (χ0v) is 9.38.